The molecule has 0 spiro atoms. The number of amides is 1. The summed E-state index contributed by atoms with van der Waals surface area (Å²) in [6, 6.07) is -0.358. The van der Waals surface area contributed by atoms with E-state index in [-0.39, 0.29) is 35.5 Å². The highest BCUT2D eigenvalue weighted by Crippen LogP contribution is 2.38. The Morgan fingerprint density at radius 3 is 2.81 bits per heavy atom. The highest BCUT2D eigenvalue weighted by atomic mass is 35.5. The van der Waals surface area contributed by atoms with Crippen molar-refractivity contribution in [2.45, 2.75) is 40.2 Å². The molecule has 2 aromatic heterocycles. The van der Waals surface area contributed by atoms with E-state index in [2.05, 4.69) is 27.0 Å². The van der Waals surface area contributed by atoms with Crippen molar-refractivity contribution >= 4 is 34.4 Å². The molecule has 1 fully saturated rings. The van der Waals surface area contributed by atoms with Crippen molar-refractivity contribution < 1.29 is 13.9 Å². The summed E-state index contributed by atoms with van der Waals surface area (Å²) >= 11 is 5.92. The third kappa shape index (κ3) is 4.27. The summed E-state index contributed by atoms with van der Waals surface area (Å²) < 4.78 is 22.8. The number of nitrogens with two attached hydrogens (primary N) is 1. The molecule has 0 bridgehead atoms. The summed E-state index contributed by atoms with van der Waals surface area (Å²) in [4.78, 5) is 20.2. The van der Waals surface area contributed by atoms with E-state index in [1.807, 2.05) is 27.7 Å². The van der Waals surface area contributed by atoms with Gasteiger partial charge < -0.3 is 15.8 Å². The number of nitrogens with one attached hydrogen (secondary N) is 1. The number of carbonyl (C=O) groups is 1. The van der Waals surface area contributed by atoms with Gasteiger partial charge in [0, 0.05) is 24.5 Å². The first-order chi connectivity index (χ1) is 14.7. The van der Waals surface area contributed by atoms with Crippen LogP contribution < -0.4 is 11.1 Å². The number of nitrogens with zero attached hydrogens (tertiary/aromatic N) is 4. The predicted octanol–water partition coefficient (Wildman–Crippen LogP) is 3.70. The molecule has 31 heavy (non-hydrogen) atoms. The van der Waals surface area contributed by atoms with Crippen molar-refractivity contribution in [1.29, 1.82) is 0 Å². The van der Waals surface area contributed by atoms with Crippen LogP contribution in [0.4, 0.5) is 10.2 Å². The standard InChI is InChI=1S/C21H26ClFN6O2/c1-6-31-19(17(18(23)11(3)22)14-7-15(30)25-8-14)10(2)13(5)29-21-16(12(4)28-29)20(24)26-9-27-21/h9,13-14H,3,6-8H2,1-2,4-5H3,(H,25,30)(H2,24,26,27)/b18-17+,19-10-. The number of ether oxygens (including phenoxy) is 1. The molecule has 0 saturated carbocycles. The van der Waals surface area contributed by atoms with Crippen LogP contribution in [0, 0.1) is 12.8 Å². The van der Waals surface area contributed by atoms with Gasteiger partial charge in [0.2, 0.25) is 5.91 Å². The van der Waals surface area contributed by atoms with Crippen molar-refractivity contribution in [2.75, 3.05) is 18.9 Å². The average molecular weight is 449 g/mol. The third-order valence-corrected chi connectivity index (χ3v) is 5.60. The summed E-state index contributed by atoms with van der Waals surface area (Å²) in [6.07, 6.45) is 1.52. The maximum absolute atomic E-state index is 15.2. The predicted molar refractivity (Wildman–Crippen MR) is 118 cm³/mol. The number of halogens is 2. The minimum atomic E-state index is -0.689. The Balaban J connectivity index is 2.19. The molecule has 8 nitrogen and oxygen atoms in total. The highest BCUT2D eigenvalue weighted by molar-refractivity contribution is 6.31. The lowest BCUT2D eigenvalue weighted by Crippen LogP contribution is -2.18. The number of hydrogen-bond acceptors (Lipinski definition) is 6. The molecule has 166 valence electrons. The molecule has 3 rings (SSSR count). The SMILES string of the molecule is C=C(Cl)/C(F)=C(\C(OCC)=C(/C)C(C)n1nc(C)c2c(N)ncnc21)C1CNC(=O)C1. The van der Waals surface area contributed by atoms with Crippen LogP contribution in [0.25, 0.3) is 11.0 Å². The molecule has 1 aliphatic rings. The molecule has 2 unspecified atom stereocenters. The van der Waals surface area contributed by atoms with E-state index in [0.29, 0.717) is 40.5 Å². The van der Waals surface area contributed by atoms with Gasteiger partial charge in [0.1, 0.15) is 23.7 Å². The molecule has 2 aromatic rings. The van der Waals surface area contributed by atoms with Crippen LogP contribution in [-0.4, -0.2) is 38.8 Å². The Labute approximate surface area is 185 Å². The summed E-state index contributed by atoms with van der Waals surface area (Å²) in [6.45, 7) is 11.5. The number of rotatable bonds is 7. The van der Waals surface area contributed by atoms with E-state index in [1.165, 1.54) is 6.33 Å². The van der Waals surface area contributed by atoms with Gasteiger partial charge in [-0.15, -0.1) is 0 Å². The van der Waals surface area contributed by atoms with Crippen molar-refractivity contribution in [2.24, 2.45) is 5.92 Å². The molecule has 1 amide bonds. The van der Waals surface area contributed by atoms with Crippen molar-refractivity contribution in [1.82, 2.24) is 25.1 Å². The van der Waals surface area contributed by atoms with Gasteiger partial charge in [-0.1, -0.05) is 18.2 Å². The lowest BCUT2D eigenvalue weighted by molar-refractivity contribution is -0.119. The van der Waals surface area contributed by atoms with E-state index in [1.54, 1.807) is 4.68 Å². The van der Waals surface area contributed by atoms with Gasteiger partial charge in [-0.2, -0.15) is 5.10 Å². The van der Waals surface area contributed by atoms with Crippen LogP contribution >= 0.6 is 11.6 Å². The maximum atomic E-state index is 15.2. The Kier molecular flexibility index (Phi) is 6.64. The fraction of sp³-hybridized carbons (Fsp3) is 0.429. The highest BCUT2D eigenvalue weighted by Gasteiger charge is 2.33. The second-order valence-electron chi connectivity index (χ2n) is 7.45. The number of carbonyl (C=O) groups excluding carboxylic acids is 1. The zero-order valence-electron chi connectivity index (χ0n) is 18.0. The van der Waals surface area contributed by atoms with Crippen LogP contribution in [0.1, 0.15) is 38.9 Å². The van der Waals surface area contributed by atoms with Gasteiger partial charge in [0.05, 0.1) is 28.8 Å². The minimum Gasteiger partial charge on any atom is -0.493 e. The largest absolute Gasteiger partial charge is 0.493 e. The number of hydrogen-bond donors (Lipinski definition) is 2. The van der Waals surface area contributed by atoms with Crippen LogP contribution in [0.5, 0.6) is 0 Å². The number of anilines is 1. The monoisotopic (exact) mass is 448 g/mol. The lowest BCUT2D eigenvalue weighted by atomic mass is 9.91. The smallest absolute Gasteiger partial charge is 0.220 e. The Hall–Kier alpha value is -2.94. The van der Waals surface area contributed by atoms with E-state index >= 15 is 4.39 Å². The number of fused-ring (bicyclic) bond motifs is 1. The number of aromatic nitrogens is 4. The fourth-order valence-corrected chi connectivity index (χ4v) is 3.88. The molecular formula is C21H26ClFN6O2. The third-order valence-electron chi connectivity index (χ3n) is 5.44. The van der Waals surface area contributed by atoms with Crippen molar-refractivity contribution in [3.63, 3.8) is 0 Å². The molecular weight excluding hydrogens is 423 g/mol. The van der Waals surface area contributed by atoms with Crippen molar-refractivity contribution in [3.8, 4) is 0 Å². The zero-order chi connectivity index (χ0) is 22.9. The molecule has 2 atom stereocenters. The first-order valence-electron chi connectivity index (χ1n) is 9.97. The summed E-state index contributed by atoms with van der Waals surface area (Å²) in [5.74, 6) is -0.600. The van der Waals surface area contributed by atoms with Gasteiger partial charge in [-0.25, -0.2) is 19.0 Å². The number of nitrogen functional groups attached to an aromatic ring is 1. The van der Waals surface area contributed by atoms with E-state index < -0.39 is 11.7 Å². The Morgan fingerprint density at radius 2 is 2.23 bits per heavy atom. The van der Waals surface area contributed by atoms with Crippen LogP contribution in [0.2, 0.25) is 0 Å². The topological polar surface area (TPSA) is 108 Å². The minimum absolute atomic E-state index is 0.138. The van der Waals surface area contributed by atoms with E-state index in [9.17, 15) is 4.79 Å². The van der Waals surface area contributed by atoms with Crippen molar-refractivity contribution in [3.05, 3.63) is 46.4 Å². The molecule has 10 heteroatoms. The van der Waals surface area contributed by atoms with Gasteiger partial charge in [0.15, 0.2) is 5.65 Å². The van der Waals surface area contributed by atoms with Crippen LogP contribution in [-0.2, 0) is 9.53 Å². The van der Waals surface area contributed by atoms with Crippen LogP contribution in [0.3, 0.4) is 0 Å². The first-order valence-corrected chi connectivity index (χ1v) is 10.3. The molecule has 0 radical (unpaired) electrons. The Morgan fingerprint density at radius 1 is 1.52 bits per heavy atom. The molecule has 3 N–H and O–H groups in total. The zero-order valence-corrected chi connectivity index (χ0v) is 18.8. The maximum Gasteiger partial charge on any atom is 0.220 e. The van der Waals surface area contributed by atoms with E-state index in [0.717, 1.165) is 0 Å². The summed E-state index contributed by atoms with van der Waals surface area (Å²) in [7, 11) is 0. The average Bonchev–Trinajstić information content (AvgIpc) is 3.30. The number of aryl methyl sites for hydroxylation is 1. The lowest BCUT2D eigenvalue weighted by Gasteiger charge is -2.24. The van der Waals surface area contributed by atoms with Gasteiger partial charge in [0.25, 0.3) is 0 Å². The molecule has 3 heterocycles. The molecule has 0 aromatic carbocycles. The second-order valence-corrected chi connectivity index (χ2v) is 7.90. The van der Waals surface area contributed by atoms with Gasteiger partial charge >= 0.3 is 0 Å². The first kappa shape index (κ1) is 22.7. The Bertz CT molecular complexity index is 1110. The fourth-order valence-electron chi connectivity index (χ4n) is 3.78. The summed E-state index contributed by atoms with van der Waals surface area (Å²) in [5.41, 5.74) is 8.19. The normalized spacial score (nSPS) is 19.0. The molecule has 1 aliphatic heterocycles. The quantitative estimate of drug-likeness (QED) is 0.494. The second kappa shape index (κ2) is 9.05. The summed E-state index contributed by atoms with van der Waals surface area (Å²) in [5, 5.41) is 7.75. The van der Waals surface area contributed by atoms with Gasteiger partial charge in [-0.3, -0.25) is 4.79 Å². The van der Waals surface area contributed by atoms with E-state index in [4.69, 9.17) is 22.1 Å². The number of allylic oxidation sites excluding steroid dienone is 4. The molecule has 1 saturated heterocycles. The van der Waals surface area contributed by atoms with Gasteiger partial charge in [-0.05, 0) is 33.3 Å². The molecule has 0 aliphatic carbocycles. The van der Waals surface area contributed by atoms with Crippen LogP contribution in [0.15, 0.2) is 40.7 Å².